The van der Waals surface area contributed by atoms with Gasteiger partial charge in [0.05, 0.1) is 19.4 Å². The Morgan fingerprint density at radius 1 is 1.30 bits per heavy atom. The SMILES string of the molecule is CCNC(=NCc1ccc(Cl)cc1Cl)NCC(O)c1ccco1. The summed E-state index contributed by atoms with van der Waals surface area (Å²) in [5.41, 5.74) is 0.875. The van der Waals surface area contributed by atoms with Crippen LogP contribution in [0.15, 0.2) is 46.0 Å². The van der Waals surface area contributed by atoms with E-state index in [1.54, 1.807) is 24.3 Å². The molecule has 2 rings (SSSR count). The molecule has 0 aliphatic heterocycles. The van der Waals surface area contributed by atoms with Crippen LogP contribution in [0.3, 0.4) is 0 Å². The second kappa shape index (κ2) is 8.82. The maximum atomic E-state index is 10.0. The van der Waals surface area contributed by atoms with E-state index in [2.05, 4.69) is 15.6 Å². The molecule has 2 aromatic rings. The Balaban J connectivity index is 1.96. The van der Waals surface area contributed by atoms with Crippen LogP contribution < -0.4 is 10.6 Å². The van der Waals surface area contributed by atoms with Crippen LogP contribution in [0.25, 0.3) is 0 Å². The summed E-state index contributed by atoms with van der Waals surface area (Å²) in [5.74, 6) is 1.10. The van der Waals surface area contributed by atoms with Gasteiger partial charge in [-0.2, -0.15) is 0 Å². The number of aliphatic imine (C=N–C) groups is 1. The van der Waals surface area contributed by atoms with Crippen molar-refractivity contribution in [1.29, 1.82) is 0 Å². The largest absolute Gasteiger partial charge is 0.467 e. The minimum Gasteiger partial charge on any atom is -0.467 e. The second-order valence-electron chi connectivity index (χ2n) is 4.84. The summed E-state index contributed by atoms with van der Waals surface area (Å²) in [6.07, 6.45) is 0.786. The van der Waals surface area contributed by atoms with Crippen molar-refractivity contribution in [3.05, 3.63) is 58.0 Å². The number of aliphatic hydroxyl groups excluding tert-OH is 1. The van der Waals surface area contributed by atoms with E-state index < -0.39 is 6.10 Å². The number of hydrogen-bond donors (Lipinski definition) is 3. The average Bonchev–Trinajstić information content (AvgIpc) is 3.05. The first-order valence-corrected chi connectivity index (χ1v) is 8.03. The average molecular weight is 356 g/mol. The zero-order valence-electron chi connectivity index (χ0n) is 12.7. The van der Waals surface area contributed by atoms with Crippen molar-refractivity contribution in [2.75, 3.05) is 13.1 Å². The highest BCUT2D eigenvalue weighted by atomic mass is 35.5. The third-order valence-corrected chi connectivity index (χ3v) is 3.69. The Morgan fingerprint density at radius 2 is 2.13 bits per heavy atom. The number of hydrogen-bond acceptors (Lipinski definition) is 3. The fourth-order valence-electron chi connectivity index (χ4n) is 1.93. The van der Waals surface area contributed by atoms with Crippen LogP contribution >= 0.6 is 23.2 Å². The molecule has 0 spiro atoms. The van der Waals surface area contributed by atoms with Gasteiger partial charge in [-0.1, -0.05) is 29.3 Å². The molecule has 1 unspecified atom stereocenters. The maximum Gasteiger partial charge on any atom is 0.191 e. The molecule has 3 N–H and O–H groups in total. The quantitative estimate of drug-likeness (QED) is 0.548. The molecule has 1 atom stereocenters. The molecule has 0 fully saturated rings. The summed E-state index contributed by atoms with van der Waals surface area (Å²) in [6, 6.07) is 8.77. The van der Waals surface area contributed by atoms with Crippen LogP contribution in [0, 0.1) is 0 Å². The fraction of sp³-hybridized carbons (Fsp3) is 0.312. The molecule has 0 saturated heterocycles. The molecule has 0 amide bonds. The Morgan fingerprint density at radius 3 is 2.78 bits per heavy atom. The molecule has 0 bridgehead atoms. The van der Waals surface area contributed by atoms with E-state index in [-0.39, 0.29) is 6.54 Å². The van der Waals surface area contributed by atoms with E-state index in [1.165, 1.54) is 6.26 Å². The second-order valence-corrected chi connectivity index (χ2v) is 5.69. The van der Waals surface area contributed by atoms with Crippen molar-refractivity contribution >= 4 is 29.2 Å². The molecule has 1 heterocycles. The summed E-state index contributed by atoms with van der Waals surface area (Å²) < 4.78 is 5.16. The molecule has 5 nitrogen and oxygen atoms in total. The molecule has 1 aromatic carbocycles. The number of rotatable bonds is 6. The minimum absolute atomic E-state index is 0.285. The zero-order chi connectivity index (χ0) is 16.7. The normalized spacial score (nSPS) is 13.0. The Kier molecular flexibility index (Phi) is 6.77. The highest BCUT2D eigenvalue weighted by Gasteiger charge is 2.11. The Hall–Kier alpha value is -1.69. The van der Waals surface area contributed by atoms with Gasteiger partial charge in [-0.25, -0.2) is 4.99 Å². The van der Waals surface area contributed by atoms with Crippen LogP contribution in [0.2, 0.25) is 10.0 Å². The highest BCUT2D eigenvalue weighted by Crippen LogP contribution is 2.21. The minimum atomic E-state index is -0.743. The summed E-state index contributed by atoms with van der Waals surface area (Å²) in [6.45, 7) is 3.36. The van der Waals surface area contributed by atoms with E-state index >= 15 is 0 Å². The van der Waals surface area contributed by atoms with Gasteiger partial charge >= 0.3 is 0 Å². The molecule has 0 radical (unpaired) electrons. The van der Waals surface area contributed by atoms with Crippen molar-refractivity contribution in [2.24, 2.45) is 4.99 Å². The highest BCUT2D eigenvalue weighted by molar-refractivity contribution is 6.35. The van der Waals surface area contributed by atoms with Gasteiger partial charge < -0.3 is 20.2 Å². The van der Waals surface area contributed by atoms with Crippen LogP contribution in [0.1, 0.15) is 24.4 Å². The van der Waals surface area contributed by atoms with Crippen LogP contribution in [-0.2, 0) is 6.54 Å². The molecule has 124 valence electrons. The standard InChI is InChI=1S/C16H19Cl2N3O2/c1-2-19-16(21-10-14(22)15-4-3-7-23-15)20-9-11-5-6-12(17)8-13(11)18/h3-8,14,22H,2,9-10H2,1H3,(H2,19,20,21). The number of nitrogens with one attached hydrogen (secondary N) is 2. The van der Waals surface area contributed by atoms with Crippen molar-refractivity contribution in [2.45, 2.75) is 19.6 Å². The lowest BCUT2D eigenvalue weighted by Gasteiger charge is -2.14. The molecular weight excluding hydrogens is 337 g/mol. The maximum absolute atomic E-state index is 10.0. The van der Waals surface area contributed by atoms with Gasteiger partial charge in [0, 0.05) is 16.6 Å². The zero-order valence-corrected chi connectivity index (χ0v) is 14.2. The van der Waals surface area contributed by atoms with Crippen LogP contribution in [0.5, 0.6) is 0 Å². The lowest BCUT2D eigenvalue weighted by molar-refractivity contribution is 0.153. The molecule has 1 aromatic heterocycles. The monoisotopic (exact) mass is 355 g/mol. The van der Waals surface area contributed by atoms with Crippen LogP contribution in [-0.4, -0.2) is 24.2 Å². The van der Waals surface area contributed by atoms with E-state index in [1.807, 2.05) is 13.0 Å². The van der Waals surface area contributed by atoms with Crippen molar-refractivity contribution in [3.63, 3.8) is 0 Å². The summed E-state index contributed by atoms with van der Waals surface area (Å²) in [7, 11) is 0. The van der Waals surface area contributed by atoms with E-state index in [4.69, 9.17) is 27.6 Å². The van der Waals surface area contributed by atoms with Gasteiger partial charge in [0.1, 0.15) is 11.9 Å². The third-order valence-electron chi connectivity index (χ3n) is 3.10. The lowest BCUT2D eigenvalue weighted by atomic mass is 10.2. The smallest absolute Gasteiger partial charge is 0.191 e. The number of guanidine groups is 1. The summed E-state index contributed by atoms with van der Waals surface area (Å²) >= 11 is 12.0. The molecular formula is C16H19Cl2N3O2. The molecule has 7 heteroatoms. The predicted molar refractivity (Wildman–Crippen MR) is 92.9 cm³/mol. The number of halogens is 2. The molecule has 0 saturated carbocycles. The lowest BCUT2D eigenvalue weighted by Crippen LogP contribution is -2.39. The van der Waals surface area contributed by atoms with Crippen molar-refractivity contribution in [1.82, 2.24) is 10.6 Å². The molecule has 0 aliphatic carbocycles. The third kappa shape index (κ3) is 5.46. The Bertz CT molecular complexity index is 645. The first-order valence-electron chi connectivity index (χ1n) is 7.27. The van der Waals surface area contributed by atoms with Crippen LogP contribution in [0.4, 0.5) is 0 Å². The number of furan rings is 1. The van der Waals surface area contributed by atoms with Gasteiger partial charge in [0.2, 0.25) is 0 Å². The van der Waals surface area contributed by atoms with Gasteiger partial charge in [0.15, 0.2) is 5.96 Å². The Labute approximate surface area is 145 Å². The number of benzene rings is 1. The molecule has 0 aliphatic rings. The topological polar surface area (TPSA) is 69.8 Å². The summed E-state index contributed by atoms with van der Waals surface area (Å²) in [4.78, 5) is 4.45. The first-order chi connectivity index (χ1) is 11.1. The van der Waals surface area contributed by atoms with E-state index in [0.29, 0.717) is 34.9 Å². The predicted octanol–water partition coefficient (Wildman–Crippen LogP) is 3.38. The van der Waals surface area contributed by atoms with Crippen molar-refractivity contribution < 1.29 is 9.52 Å². The fourth-order valence-corrected chi connectivity index (χ4v) is 2.40. The van der Waals surface area contributed by atoms with Gasteiger partial charge in [0.25, 0.3) is 0 Å². The van der Waals surface area contributed by atoms with Gasteiger partial charge in [-0.05, 0) is 36.8 Å². The first kappa shape index (κ1) is 17.7. The van der Waals surface area contributed by atoms with E-state index in [0.717, 1.165) is 5.56 Å². The summed E-state index contributed by atoms with van der Waals surface area (Å²) in [5, 5.41) is 17.4. The van der Waals surface area contributed by atoms with Gasteiger partial charge in [-0.15, -0.1) is 0 Å². The number of aliphatic hydroxyl groups is 1. The molecule has 23 heavy (non-hydrogen) atoms. The number of nitrogens with zero attached hydrogens (tertiary/aromatic N) is 1. The van der Waals surface area contributed by atoms with Gasteiger partial charge in [-0.3, -0.25) is 0 Å². The van der Waals surface area contributed by atoms with Crippen molar-refractivity contribution in [3.8, 4) is 0 Å². The van der Waals surface area contributed by atoms with E-state index in [9.17, 15) is 5.11 Å².